The third kappa shape index (κ3) is 3.70. The van der Waals surface area contributed by atoms with Crippen LogP contribution in [0.5, 0.6) is 0 Å². The number of benzene rings is 2. The van der Waals surface area contributed by atoms with Crippen molar-refractivity contribution in [3.05, 3.63) is 48.5 Å². The molecule has 1 atom stereocenters. The SMILES string of the molecule is CN(c1ccc2c(c1)N(CC1CCC1)C(C(C)(C)C)N2)S(=O)(=O)c1ccccc1. The fraction of sp³-hybridized carbons (Fsp3) is 0.478. The van der Waals surface area contributed by atoms with E-state index in [2.05, 4.69) is 31.0 Å². The van der Waals surface area contributed by atoms with Gasteiger partial charge in [0.1, 0.15) is 6.17 Å². The van der Waals surface area contributed by atoms with Crippen molar-refractivity contribution in [1.82, 2.24) is 0 Å². The summed E-state index contributed by atoms with van der Waals surface area (Å²) in [7, 11) is -1.96. The molecule has 0 bridgehead atoms. The van der Waals surface area contributed by atoms with Gasteiger partial charge in [0.15, 0.2) is 0 Å². The molecule has 5 nitrogen and oxygen atoms in total. The highest BCUT2D eigenvalue weighted by molar-refractivity contribution is 7.92. The number of nitrogens with zero attached hydrogens (tertiary/aromatic N) is 2. The number of rotatable bonds is 5. The molecule has 1 heterocycles. The van der Waals surface area contributed by atoms with Crippen molar-refractivity contribution in [1.29, 1.82) is 0 Å². The molecule has 1 unspecified atom stereocenters. The summed E-state index contributed by atoms with van der Waals surface area (Å²) in [5, 5.41) is 3.67. The maximum atomic E-state index is 13.1. The van der Waals surface area contributed by atoms with Crippen molar-refractivity contribution in [3.63, 3.8) is 0 Å². The molecule has 2 aliphatic rings. The van der Waals surface area contributed by atoms with Crippen LogP contribution in [-0.2, 0) is 10.0 Å². The van der Waals surface area contributed by atoms with Crippen LogP contribution in [-0.4, -0.2) is 28.2 Å². The zero-order valence-electron chi connectivity index (χ0n) is 17.7. The van der Waals surface area contributed by atoms with Gasteiger partial charge in [0.05, 0.1) is 22.0 Å². The Hall–Kier alpha value is -2.21. The molecule has 4 rings (SSSR count). The first kappa shape index (κ1) is 20.1. The van der Waals surface area contributed by atoms with Gasteiger partial charge in [-0.1, -0.05) is 45.4 Å². The van der Waals surface area contributed by atoms with Crippen molar-refractivity contribution in [2.24, 2.45) is 11.3 Å². The minimum absolute atomic E-state index is 0.0605. The van der Waals surface area contributed by atoms with Gasteiger partial charge in [-0.05, 0) is 49.1 Å². The summed E-state index contributed by atoms with van der Waals surface area (Å²) in [6.45, 7) is 7.76. The molecular formula is C23H31N3O2S. The maximum Gasteiger partial charge on any atom is 0.264 e. The molecule has 1 aliphatic heterocycles. The van der Waals surface area contributed by atoms with Crippen molar-refractivity contribution in [2.45, 2.75) is 51.1 Å². The Morgan fingerprint density at radius 3 is 2.38 bits per heavy atom. The lowest BCUT2D eigenvalue weighted by atomic mass is 9.84. The lowest BCUT2D eigenvalue weighted by molar-refractivity contribution is 0.278. The molecule has 2 aromatic rings. The molecule has 156 valence electrons. The Morgan fingerprint density at radius 1 is 1.10 bits per heavy atom. The molecule has 0 spiro atoms. The smallest absolute Gasteiger partial charge is 0.264 e. The van der Waals surface area contributed by atoms with Crippen molar-refractivity contribution >= 4 is 27.1 Å². The van der Waals surface area contributed by atoms with E-state index < -0.39 is 10.0 Å². The second-order valence-electron chi connectivity index (χ2n) is 9.35. The second kappa shape index (κ2) is 7.24. The van der Waals surface area contributed by atoms with Crippen LogP contribution in [0.25, 0.3) is 0 Å². The van der Waals surface area contributed by atoms with Crippen LogP contribution in [0.1, 0.15) is 40.0 Å². The zero-order valence-corrected chi connectivity index (χ0v) is 18.5. The fourth-order valence-corrected chi connectivity index (χ4v) is 5.38. The van der Waals surface area contributed by atoms with Crippen LogP contribution in [0.2, 0.25) is 0 Å². The van der Waals surface area contributed by atoms with Crippen LogP contribution >= 0.6 is 0 Å². The molecule has 1 saturated carbocycles. The normalized spacial score (nSPS) is 19.4. The summed E-state index contributed by atoms with van der Waals surface area (Å²) in [5.74, 6) is 0.724. The lowest BCUT2D eigenvalue weighted by Crippen LogP contribution is -2.48. The molecule has 6 heteroatoms. The van der Waals surface area contributed by atoms with Gasteiger partial charge in [0, 0.05) is 19.0 Å². The first-order chi connectivity index (χ1) is 13.7. The number of anilines is 3. The first-order valence-corrected chi connectivity index (χ1v) is 11.8. The Morgan fingerprint density at radius 2 is 1.79 bits per heavy atom. The molecule has 1 aliphatic carbocycles. The maximum absolute atomic E-state index is 13.1. The topological polar surface area (TPSA) is 52.6 Å². The molecular weight excluding hydrogens is 382 g/mol. The quantitative estimate of drug-likeness (QED) is 0.756. The van der Waals surface area contributed by atoms with Gasteiger partial charge in [-0.15, -0.1) is 0 Å². The Balaban J connectivity index is 1.68. The van der Waals surface area contributed by atoms with Gasteiger partial charge in [-0.3, -0.25) is 4.31 Å². The van der Waals surface area contributed by atoms with Crippen LogP contribution < -0.4 is 14.5 Å². The summed E-state index contributed by atoms with van der Waals surface area (Å²) >= 11 is 0. The van der Waals surface area contributed by atoms with Gasteiger partial charge < -0.3 is 10.2 Å². The number of nitrogens with one attached hydrogen (secondary N) is 1. The Labute approximate surface area is 174 Å². The van der Waals surface area contributed by atoms with E-state index >= 15 is 0 Å². The van der Waals surface area contributed by atoms with Crippen LogP contribution in [0.15, 0.2) is 53.4 Å². The highest BCUT2D eigenvalue weighted by Gasteiger charge is 2.39. The van der Waals surface area contributed by atoms with Gasteiger partial charge in [-0.25, -0.2) is 8.42 Å². The minimum atomic E-state index is -3.59. The van der Waals surface area contributed by atoms with Gasteiger partial charge in [0.25, 0.3) is 10.0 Å². The summed E-state index contributed by atoms with van der Waals surface area (Å²) < 4.78 is 27.5. The van der Waals surface area contributed by atoms with Gasteiger partial charge >= 0.3 is 0 Å². The Bertz CT molecular complexity index is 979. The van der Waals surface area contributed by atoms with Crippen molar-refractivity contribution in [2.75, 3.05) is 28.1 Å². The number of hydrogen-bond donors (Lipinski definition) is 1. The predicted octanol–water partition coefficient (Wildman–Crippen LogP) is 4.92. The van der Waals surface area contributed by atoms with E-state index in [-0.39, 0.29) is 11.6 Å². The van der Waals surface area contributed by atoms with Gasteiger partial charge in [-0.2, -0.15) is 0 Å². The third-order valence-electron chi connectivity index (χ3n) is 6.16. The standard InChI is InChI=1S/C23H31N3O2S/c1-23(2,3)22-24-20-14-13-18(15-21(20)26(22)16-17-9-8-10-17)25(4)29(27,28)19-11-6-5-7-12-19/h5-7,11-15,17,22,24H,8-10,16H2,1-4H3. The second-order valence-corrected chi connectivity index (χ2v) is 11.3. The Kier molecular flexibility index (Phi) is 5.01. The number of sulfonamides is 1. The van der Waals surface area contributed by atoms with E-state index in [0.29, 0.717) is 10.6 Å². The van der Waals surface area contributed by atoms with E-state index in [1.54, 1.807) is 31.3 Å². The average Bonchev–Trinajstić information content (AvgIpc) is 3.03. The van der Waals surface area contributed by atoms with E-state index in [1.807, 2.05) is 24.3 Å². The summed E-state index contributed by atoms with van der Waals surface area (Å²) in [5.41, 5.74) is 2.93. The van der Waals surface area contributed by atoms with Crippen LogP contribution in [0, 0.1) is 11.3 Å². The fourth-order valence-electron chi connectivity index (χ4n) is 4.17. The largest absolute Gasteiger partial charge is 0.363 e. The molecule has 1 fully saturated rings. The van der Waals surface area contributed by atoms with E-state index in [1.165, 1.54) is 23.6 Å². The number of hydrogen-bond acceptors (Lipinski definition) is 4. The lowest BCUT2D eigenvalue weighted by Gasteiger charge is -2.40. The highest BCUT2D eigenvalue weighted by Crippen LogP contribution is 2.44. The van der Waals surface area contributed by atoms with Crippen LogP contribution in [0.3, 0.4) is 0 Å². The predicted molar refractivity (Wildman–Crippen MR) is 120 cm³/mol. The average molecular weight is 414 g/mol. The van der Waals surface area contributed by atoms with Gasteiger partial charge in [0.2, 0.25) is 0 Å². The third-order valence-corrected chi connectivity index (χ3v) is 7.96. The minimum Gasteiger partial charge on any atom is -0.363 e. The van der Waals surface area contributed by atoms with Crippen LogP contribution in [0.4, 0.5) is 17.1 Å². The number of fused-ring (bicyclic) bond motifs is 1. The molecule has 1 N–H and O–H groups in total. The molecule has 0 radical (unpaired) electrons. The summed E-state index contributed by atoms with van der Waals surface area (Å²) in [4.78, 5) is 2.76. The van der Waals surface area contributed by atoms with Crippen molar-refractivity contribution in [3.8, 4) is 0 Å². The van der Waals surface area contributed by atoms with E-state index in [9.17, 15) is 8.42 Å². The van der Waals surface area contributed by atoms with Crippen molar-refractivity contribution < 1.29 is 8.42 Å². The molecule has 0 amide bonds. The zero-order chi connectivity index (χ0) is 20.8. The summed E-state index contributed by atoms with van der Waals surface area (Å²) in [6, 6.07) is 14.5. The van der Waals surface area contributed by atoms with E-state index in [4.69, 9.17) is 0 Å². The van der Waals surface area contributed by atoms with E-state index in [0.717, 1.165) is 23.8 Å². The molecule has 0 aromatic heterocycles. The highest BCUT2D eigenvalue weighted by atomic mass is 32.2. The summed E-state index contributed by atoms with van der Waals surface area (Å²) in [6.07, 6.45) is 4.08. The first-order valence-electron chi connectivity index (χ1n) is 10.4. The molecule has 0 saturated heterocycles. The molecule has 29 heavy (non-hydrogen) atoms. The molecule has 2 aromatic carbocycles. The monoisotopic (exact) mass is 413 g/mol.